The predicted octanol–water partition coefficient (Wildman–Crippen LogP) is 4.03. The molecule has 0 saturated heterocycles. The lowest BCUT2D eigenvalue weighted by Gasteiger charge is -2.32. The fraction of sp³-hybridized carbons (Fsp3) is 0.700. The summed E-state index contributed by atoms with van der Waals surface area (Å²) in [4.78, 5) is 27.3. The molecule has 1 N–H and O–H groups in total. The molecule has 2 amide bonds. The summed E-state index contributed by atoms with van der Waals surface area (Å²) in [5, 5.41) is 3.18. The zero-order valence-electron chi connectivity index (χ0n) is 15.6. The van der Waals surface area contributed by atoms with Crippen LogP contribution in [0.3, 0.4) is 0 Å². The molecule has 0 radical (unpaired) electrons. The second kappa shape index (κ2) is 10.3. The third-order valence-electron chi connectivity index (χ3n) is 4.99. The van der Waals surface area contributed by atoms with Crippen molar-refractivity contribution in [3.8, 4) is 0 Å². The quantitative estimate of drug-likeness (QED) is 0.733. The van der Waals surface area contributed by atoms with Crippen LogP contribution in [0.2, 0.25) is 0 Å². The van der Waals surface area contributed by atoms with Crippen molar-refractivity contribution in [3.05, 3.63) is 24.2 Å². The minimum absolute atomic E-state index is 0.0224. The summed E-state index contributed by atoms with van der Waals surface area (Å²) in [7, 11) is 0. The number of hydrogen-bond acceptors (Lipinski definition) is 3. The second-order valence-corrected chi connectivity index (χ2v) is 6.97. The first kappa shape index (κ1) is 19.5. The van der Waals surface area contributed by atoms with E-state index in [9.17, 15) is 9.59 Å². The Morgan fingerprint density at radius 3 is 2.64 bits per heavy atom. The molecule has 1 atom stereocenters. The molecule has 0 aromatic carbocycles. The number of nitrogens with one attached hydrogen (secondary N) is 1. The molecule has 1 aromatic heterocycles. The third kappa shape index (κ3) is 5.91. The zero-order valence-corrected chi connectivity index (χ0v) is 15.6. The van der Waals surface area contributed by atoms with E-state index in [2.05, 4.69) is 12.2 Å². The SMILES string of the molecule is CCCCC(=O)N(Cc1ccco1)C(CC)C(=O)NC1CCCCC1. The van der Waals surface area contributed by atoms with Crippen LogP contribution in [0.1, 0.15) is 77.4 Å². The zero-order chi connectivity index (χ0) is 18.1. The van der Waals surface area contributed by atoms with E-state index in [1.165, 1.54) is 19.3 Å². The minimum Gasteiger partial charge on any atom is -0.467 e. The highest BCUT2D eigenvalue weighted by Crippen LogP contribution is 2.19. The van der Waals surface area contributed by atoms with Crippen molar-refractivity contribution in [1.29, 1.82) is 0 Å². The summed E-state index contributed by atoms with van der Waals surface area (Å²) in [5.74, 6) is 0.725. The number of nitrogens with zero attached hydrogens (tertiary/aromatic N) is 1. The van der Waals surface area contributed by atoms with Gasteiger partial charge in [-0.3, -0.25) is 9.59 Å². The van der Waals surface area contributed by atoms with E-state index in [-0.39, 0.29) is 17.9 Å². The summed E-state index contributed by atoms with van der Waals surface area (Å²) >= 11 is 0. The molecule has 1 aliphatic carbocycles. The Bertz CT molecular complexity index is 521. The molecule has 0 spiro atoms. The van der Waals surface area contributed by atoms with E-state index in [0.29, 0.717) is 25.1 Å². The highest BCUT2D eigenvalue weighted by Gasteiger charge is 2.30. The monoisotopic (exact) mass is 348 g/mol. The Kier molecular flexibility index (Phi) is 8.02. The van der Waals surface area contributed by atoms with Gasteiger partial charge in [0.1, 0.15) is 11.8 Å². The lowest BCUT2D eigenvalue weighted by Crippen LogP contribution is -2.51. The summed E-state index contributed by atoms with van der Waals surface area (Å²) in [6.07, 6.45) is 10.2. The van der Waals surface area contributed by atoms with Gasteiger partial charge in [0.25, 0.3) is 0 Å². The van der Waals surface area contributed by atoms with Gasteiger partial charge in [-0.2, -0.15) is 0 Å². The molecule has 1 saturated carbocycles. The highest BCUT2D eigenvalue weighted by molar-refractivity contribution is 5.87. The molecule has 1 heterocycles. The number of furan rings is 1. The number of carbonyl (C=O) groups is 2. The van der Waals surface area contributed by atoms with Crippen LogP contribution in [0.15, 0.2) is 22.8 Å². The summed E-state index contributed by atoms with van der Waals surface area (Å²) in [5.41, 5.74) is 0. The average Bonchev–Trinajstić information content (AvgIpc) is 3.13. The molecule has 25 heavy (non-hydrogen) atoms. The first-order valence-electron chi connectivity index (χ1n) is 9.77. The number of unbranched alkanes of at least 4 members (excludes halogenated alkanes) is 1. The number of hydrogen-bond donors (Lipinski definition) is 1. The van der Waals surface area contributed by atoms with E-state index in [1.807, 2.05) is 19.1 Å². The van der Waals surface area contributed by atoms with Crippen LogP contribution in [-0.2, 0) is 16.1 Å². The summed E-state index contributed by atoms with van der Waals surface area (Å²) < 4.78 is 5.42. The van der Waals surface area contributed by atoms with Crippen molar-refractivity contribution in [2.75, 3.05) is 0 Å². The van der Waals surface area contributed by atoms with Crippen LogP contribution in [0.5, 0.6) is 0 Å². The first-order valence-corrected chi connectivity index (χ1v) is 9.77. The maximum Gasteiger partial charge on any atom is 0.243 e. The van der Waals surface area contributed by atoms with Crippen molar-refractivity contribution in [2.45, 2.75) is 90.3 Å². The molecule has 5 nitrogen and oxygen atoms in total. The van der Waals surface area contributed by atoms with E-state index in [4.69, 9.17) is 4.42 Å². The van der Waals surface area contributed by atoms with E-state index in [1.54, 1.807) is 11.2 Å². The number of amides is 2. The van der Waals surface area contributed by atoms with Crippen molar-refractivity contribution in [2.24, 2.45) is 0 Å². The van der Waals surface area contributed by atoms with E-state index >= 15 is 0 Å². The van der Waals surface area contributed by atoms with Gasteiger partial charge < -0.3 is 14.6 Å². The van der Waals surface area contributed by atoms with Crippen LogP contribution in [-0.4, -0.2) is 28.8 Å². The average molecular weight is 348 g/mol. The molecular weight excluding hydrogens is 316 g/mol. The lowest BCUT2D eigenvalue weighted by atomic mass is 9.95. The van der Waals surface area contributed by atoms with Gasteiger partial charge in [-0.25, -0.2) is 0 Å². The van der Waals surface area contributed by atoms with Crippen LogP contribution in [0.4, 0.5) is 0 Å². The fourth-order valence-electron chi connectivity index (χ4n) is 3.51. The van der Waals surface area contributed by atoms with Crippen molar-refractivity contribution in [1.82, 2.24) is 10.2 Å². The second-order valence-electron chi connectivity index (χ2n) is 6.97. The van der Waals surface area contributed by atoms with Crippen LogP contribution in [0, 0.1) is 0 Å². The molecule has 1 unspecified atom stereocenters. The standard InChI is InChI=1S/C20H32N2O3/c1-3-5-13-19(23)22(15-17-12-9-14-25-17)18(4-2)20(24)21-16-10-7-6-8-11-16/h9,12,14,16,18H,3-8,10-11,13,15H2,1-2H3,(H,21,24). The van der Waals surface area contributed by atoms with Gasteiger partial charge in [-0.15, -0.1) is 0 Å². The maximum atomic E-state index is 12.9. The largest absolute Gasteiger partial charge is 0.467 e. The van der Waals surface area contributed by atoms with E-state index in [0.717, 1.165) is 25.7 Å². The molecule has 1 aliphatic rings. The molecule has 0 aliphatic heterocycles. The van der Waals surface area contributed by atoms with E-state index < -0.39 is 6.04 Å². The molecule has 1 fully saturated rings. The highest BCUT2D eigenvalue weighted by atomic mass is 16.3. The van der Waals surface area contributed by atoms with Gasteiger partial charge in [0.05, 0.1) is 12.8 Å². The van der Waals surface area contributed by atoms with Gasteiger partial charge in [0.2, 0.25) is 11.8 Å². The van der Waals surface area contributed by atoms with Crippen molar-refractivity contribution < 1.29 is 14.0 Å². The number of carbonyl (C=O) groups excluding carboxylic acids is 2. The lowest BCUT2D eigenvalue weighted by molar-refractivity contribution is -0.142. The van der Waals surface area contributed by atoms with Crippen LogP contribution in [0.25, 0.3) is 0 Å². The third-order valence-corrected chi connectivity index (χ3v) is 4.99. The molecule has 0 bridgehead atoms. The van der Waals surface area contributed by atoms with Crippen molar-refractivity contribution >= 4 is 11.8 Å². The molecule has 1 aromatic rings. The minimum atomic E-state index is -0.434. The fourth-order valence-corrected chi connectivity index (χ4v) is 3.51. The van der Waals surface area contributed by atoms with Crippen molar-refractivity contribution in [3.63, 3.8) is 0 Å². The van der Waals surface area contributed by atoms with Crippen LogP contribution >= 0.6 is 0 Å². The normalized spacial score (nSPS) is 16.4. The van der Waals surface area contributed by atoms with Gasteiger partial charge in [-0.1, -0.05) is 39.5 Å². The van der Waals surface area contributed by atoms with Gasteiger partial charge >= 0.3 is 0 Å². The van der Waals surface area contributed by atoms with Gasteiger partial charge in [0.15, 0.2) is 0 Å². The predicted molar refractivity (Wildman–Crippen MR) is 97.9 cm³/mol. The smallest absolute Gasteiger partial charge is 0.243 e. The molecule has 2 rings (SSSR count). The summed E-state index contributed by atoms with van der Waals surface area (Å²) in [6, 6.07) is 3.49. The van der Waals surface area contributed by atoms with Crippen LogP contribution < -0.4 is 5.32 Å². The summed E-state index contributed by atoms with van der Waals surface area (Å²) in [6.45, 7) is 4.39. The Morgan fingerprint density at radius 1 is 1.28 bits per heavy atom. The Morgan fingerprint density at radius 2 is 2.04 bits per heavy atom. The maximum absolute atomic E-state index is 12.9. The molecule has 140 valence electrons. The molecular formula is C20H32N2O3. The Labute approximate surface area is 151 Å². The number of rotatable bonds is 9. The topological polar surface area (TPSA) is 62.6 Å². The molecule has 5 heteroatoms. The van der Waals surface area contributed by atoms with Gasteiger partial charge in [0, 0.05) is 12.5 Å². The van der Waals surface area contributed by atoms with Gasteiger partial charge in [-0.05, 0) is 37.8 Å². The Balaban J connectivity index is 2.07. The Hall–Kier alpha value is -1.78. The first-order chi connectivity index (χ1) is 12.2.